The SMILES string of the molecule is C=CCN=C(N)Nc1cc(C)cc(C)c1.I. The number of rotatable bonds is 3. The summed E-state index contributed by atoms with van der Waals surface area (Å²) in [6, 6.07) is 6.18. The highest BCUT2D eigenvalue weighted by Crippen LogP contribution is 2.13. The van der Waals surface area contributed by atoms with E-state index in [1.54, 1.807) is 6.08 Å². The Kier molecular flexibility index (Phi) is 6.80. The molecule has 0 radical (unpaired) electrons. The van der Waals surface area contributed by atoms with E-state index in [1.807, 2.05) is 12.1 Å². The number of benzene rings is 1. The van der Waals surface area contributed by atoms with Gasteiger partial charge in [0, 0.05) is 5.69 Å². The Bertz CT molecular complexity index is 366. The standard InChI is InChI=1S/C12H17N3.HI/c1-4-5-14-12(13)15-11-7-9(2)6-10(3)8-11;/h4,6-8H,1,5H2,2-3H3,(H3,13,14,15);1H. The monoisotopic (exact) mass is 331 g/mol. The smallest absolute Gasteiger partial charge is 0.193 e. The van der Waals surface area contributed by atoms with Gasteiger partial charge in [0.1, 0.15) is 0 Å². The first-order valence-electron chi connectivity index (χ1n) is 4.88. The Labute approximate surface area is 114 Å². The molecular weight excluding hydrogens is 313 g/mol. The number of hydrogen-bond donors (Lipinski definition) is 2. The summed E-state index contributed by atoms with van der Waals surface area (Å²) in [5.74, 6) is 0.417. The van der Waals surface area contributed by atoms with Gasteiger partial charge in [0.2, 0.25) is 0 Å². The second-order valence-electron chi connectivity index (χ2n) is 3.52. The number of anilines is 1. The summed E-state index contributed by atoms with van der Waals surface area (Å²) < 4.78 is 0. The quantitative estimate of drug-likeness (QED) is 0.387. The van der Waals surface area contributed by atoms with Crippen LogP contribution in [0, 0.1) is 13.8 Å². The van der Waals surface area contributed by atoms with Crippen molar-refractivity contribution in [1.29, 1.82) is 0 Å². The van der Waals surface area contributed by atoms with Crippen molar-refractivity contribution in [2.75, 3.05) is 11.9 Å². The van der Waals surface area contributed by atoms with Crippen LogP contribution < -0.4 is 11.1 Å². The van der Waals surface area contributed by atoms with Gasteiger partial charge < -0.3 is 11.1 Å². The molecule has 0 aliphatic rings. The van der Waals surface area contributed by atoms with E-state index >= 15 is 0 Å². The van der Waals surface area contributed by atoms with Crippen molar-refractivity contribution in [3.8, 4) is 0 Å². The summed E-state index contributed by atoms with van der Waals surface area (Å²) in [7, 11) is 0. The van der Waals surface area contributed by atoms with Crippen LogP contribution in [0.5, 0.6) is 0 Å². The van der Waals surface area contributed by atoms with Gasteiger partial charge in [0.05, 0.1) is 6.54 Å². The molecule has 0 heterocycles. The van der Waals surface area contributed by atoms with E-state index in [1.165, 1.54) is 11.1 Å². The van der Waals surface area contributed by atoms with E-state index in [0.717, 1.165) is 5.69 Å². The lowest BCUT2D eigenvalue weighted by atomic mass is 10.1. The van der Waals surface area contributed by atoms with Crippen molar-refractivity contribution in [3.05, 3.63) is 42.0 Å². The lowest BCUT2D eigenvalue weighted by Gasteiger charge is -2.07. The minimum Gasteiger partial charge on any atom is -0.370 e. The zero-order valence-corrected chi connectivity index (χ0v) is 12.0. The molecule has 1 aromatic rings. The summed E-state index contributed by atoms with van der Waals surface area (Å²) in [5.41, 5.74) is 9.06. The van der Waals surface area contributed by atoms with E-state index in [2.05, 4.69) is 36.8 Å². The van der Waals surface area contributed by atoms with E-state index in [4.69, 9.17) is 5.73 Å². The lowest BCUT2D eigenvalue weighted by molar-refractivity contribution is 1.22. The van der Waals surface area contributed by atoms with Crippen molar-refractivity contribution in [3.63, 3.8) is 0 Å². The van der Waals surface area contributed by atoms with Gasteiger partial charge in [0.25, 0.3) is 0 Å². The molecule has 4 heteroatoms. The molecule has 3 nitrogen and oxygen atoms in total. The lowest BCUT2D eigenvalue weighted by Crippen LogP contribution is -2.22. The molecule has 0 aromatic heterocycles. The van der Waals surface area contributed by atoms with Gasteiger partial charge in [-0.1, -0.05) is 12.1 Å². The molecule has 1 rings (SSSR count). The van der Waals surface area contributed by atoms with Crippen LogP contribution in [0.4, 0.5) is 5.69 Å². The summed E-state index contributed by atoms with van der Waals surface area (Å²) in [6.45, 7) is 8.21. The third kappa shape index (κ3) is 5.16. The van der Waals surface area contributed by atoms with Gasteiger partial charge in [0.15, 0.2) is 5.96 Å². The molecule has 0 saturated heterocycles. The highest BCUT2D eigenvalue weighted by atomic mass is 127. The summed E-state index contributed by atoms with van der Waals surface area (Å²) in [4.78, 5) is 4.06. The molecule has 0 fully saturated rings. The minimum atomic E-state index is 0. The first-order chi connectivity index (χ1) is 7.11. The number of nitrogens with one attached hydrogen (secondary N) is 1. The van der Waals surface area contributed by atoms with Crippen molar-refractivity contribution >= 4 is 35.6 Å². The first kappa shape index (κ1) is 15.0. The number of aryl methyl sites for hydroxylation is 2. The Morgan fingerprint density at radius 2 is 1.94 bits per heavy atom. The molecule has 0 amide bonds. The molecule has 0 aliphatic heterocycles. The van der Waals surface area contributed by atoms with Crippen LogP contribution in [0.3, 0.4) is 0 Å². The van der Waals surface area contributed by atoms with E-state index < -0.39 is 0 Å². The number of nitrogens with zero attached hydrogens (tertiary/aromatic N) is 1. The van der Waals surface area contributed by atoms with Gasteiger partial charge in [-0.2, -0.15) is 0 Å². The second-order valence-corrected chi connectivity index (χ2v) is 3.52. The molecule has 16 heavy (non-hydrogen) atoms. The zero-order chi connectivity index (χ0) is 11.3. The fourth-order valence-electron chi connectivity index (χ4n) is 1.40. The highest BCUT2D eigenvalue weighted by Gasteiger charge is 1.96. The van der Waals surface area contributed by atoms with Crippen LogP contribution in [0.2, 0.25) is 0 Å². The molecule has 0 bridgehead atoms. The van der Waals surface area contributed by atoms with Crippen molar-refractivity contribution in [1.82, 2.24) is 0 Å². The number of halogens is 1. The van der Waals surface area contributed by atoms with Gasteiger partial charge in [-0.05, 0) is 37.1 Å². The fourth-order valence-corrected chi connectivity index (χ4v) is 1.40. The zero-order valence-electron chi connectivity index (χ0n) is 9.66. The van der Waals surface area contributed by atoms with Crippen LogP contribution in [0.25, 0.3) is 0 Å². The average molecular weight is 331 g/mol. The van der Waals surface area contributed by atoms with Crippen molar-refractivity contribution in [2.45, 2.75) is 13.8 Å². The van der Waals surface area contributed by atoms with Gasteiger partial charge in [-0.3, -0.25) is 0 Å². The minimum absolute atomic E-state index is 0. The number of aliphatic imine (C=N–C) groups is 1. The predicted octanol–water partition coefficient (Wildman–Crippen LogP) is 2.83. The van der Waals surface area contributed by atoms with Crippen LogP contribution in [0.15, 0.2) is 35.8 Å². The molecule has 0 spiro atoms. The molecule has 3 N–H and O–H groups in total. The molecule has 0 aliphatic carbocycles. The predicted molar refractivity (Wildman–Crippen MR) is 81.6 cm³/mol. The second kappa shape index (κ2) is 7.27. The first-order valence-corrected chi connectivity index (χ1v) is 4.88. The number of nitrogens with two attached hydrogens (primary N) is 1. The van der Waals surface area contributed by atoms with E-state index in [9.17, 15) is 0 Å². The van der Waals surface area contributed by atoms with Crippen molar-refractivity contribution < 1.29 is 0 Å². The van der Waals surface area contributed by atoms with Gasteiger partial charge in [-0.25, -0.2) is 4.99 Å². The number of guanidine groups is 1. The van der Waals surface area contributed by atoms with E-state index in [0.29, 0.717) is 12.5 Å². The average Bonchev–Trinajstić information content (AvgIpc) is 2.13. The van der Waals surface area contributed by atoms with Crippen LogP contribution in [-0.2, 0) is 0 Å². The molecule has 88 valence electrons. The van der Waals surface area contributed by atoms with Crippen LogP contribution in [-0.4, -0.2) is 12.5 Å². The van der Waals surface area contributed by atoms with Crippen LogP contribution in [0.1, 0.15) is 11.1 Å². The summed E-state index contributed by atoms with van der Waals surface area (Å²) in [6.07, 6.45) is 1.70. The Morgan fingerprint density at radius 3 is 2.44 bits per heavy atom. The normalized spacial score (nSPS) is 10.5. The molecule has 0 saturated carbocycles. The van der Waals surface area contributed by atoms with Gasteiger partial charge >= 0.3 is 0 Å². The maximum atomic E-state index is 5.68. The Hall–Kier alpha value is -1.04. The molecule has 1 aromatic carbocycles. The highest BCUT2D eigenvalue weighted by molar-refractivity contribution is 14.0. The maximum absolute atomic E-state index is 5.68. The summed E-state index contributed by atoms with van der Waals surface area (Å²) >= 11 is 0. The molecular formula is C12H18IN3. The Morgan fingerprint density at radius 1 is 1.38 bits per heavy atom. The van der Waals surface area contributed by atoms with E-state index in [-0.39, 0.29) is 24.0 Å². The van der Waals surface area contributed by atoms with Crippen molar-refractivity contribution in [2.24, 2.45) is 10.7 Å². The third-order valence-electron chi connectivity index (χ3n) is 1.88. The van der Waals surface area contributed by atoms with Gasteiger partial charge in [-0.15, -0.1) is 30.6 Å². The third-order valence-corrected chi connectivity index (χ3v) is 1.88. The topological polar surface area (TPSA) is 50.4 Å². The fraction of sp³-hybridized carbons (Fsp3) is 0.250. The molecule has 0 atom stereocenters. The maximum Gasteiger partial charge on any atom is 0.193 e. The Balaban J connectivity index is 0.00000225. The largest absolute Gasteiger partial charge is 0.370 e. The number of hydrogen-bond acceptors (Lipinski definition) is 1. The molecule has 0 unspecified atom stereocenters. The summed E-state index contributed by atoms with van der Waals surface area (Å²) in [5, 5.41) is 3.04. The van der Waals surface area contributed by atoms with Crippen LogP contribution >= 0.6 is 24.0 Å².